The Morgan fingerprint density at radius 2 is 1.92 bits per heavy atom. The molecule has 0 aromatic heterocycles. The van der Waals surface area contributed by atoms with E-state index in [4.69, 9.17) is 4.74 Å². The van der Waals surface area contributed by atoms with Crippen LogP contribution in [0, 0.1) is 11.3 Å². The molecule has 1 saturated heterocycles. The topological polar surface area (TPSA) is 73.6 Å². The molecule has 0 spiro atoms. The third kappa shape index (κ3) is 3.98. The molecule has 1 aliphatic rings. The first-order valence-corrected chi connectivity index (χ1v) is 8.31. The molecule has 1 aliphatic heterocycles. The third-order valence-electron chi connectivity index (χ3n) is 4.65. The number of rotatable bonds is 4. The molecule has 3 rings (SSSR count). The highest BCUT2D eigenvalue weighted by molar-refractivity contribution is 5.65. The lowest BCUT2D eigenvalue weighted by molar-refractivity contribution is -0.0200. The summed E-state index contributed by atoms with van der Waals surface area (Å²) in [5.41, 5.74) is 2.57. The highest BCUT2D eigenvalue weighted by atomic mass is 16.5. The van der Waals surface area contributed by atoms with Crippen molar-refractivity contribution in [3.05, 3.63) is 71.3 Å². The van der Waals surface area contributed by atoms with Crippen molar-refractivity contribution in [1.82, 2.24) is 4.90 Å². The first-order chi connectivity index (χ1) is 12.2. The van der Waals surface area contributed by atoms with Gasteiger partial charge in [-0.25, -0.2) is 4.79 Å². The molecule has 2 aromatic rings. The van der Waals surface area contributed by atoms with Crippen LogP contribution in [-0.4, -0.2) is 35.3 Å². The van der Waals surface area contributed by atoms with E-state index in [1.54, 1.807) is 6.07 Å². The van der Waals surface area contributed by atoms with Crippen molar-refractivity contribution in [3.63, 3.8) is 0 Å². The molecule has 2 unspecified atom stereocenters. The summed E-state index contributed by atoms with van der Waals surface area (Å²) >= 11 is 0. The van der Waals surface area contributed by atoms with Crippen molar-refractivity contribution >= 4 is 6.09 Å². The van der Waals surface area contributed by atoms with Gasteiger partial charge in [0.1, 0.15) is 0 Å². The molecule has 5 nitrogen and oxygen atoms in total. The summed E-state index contributed by atoms with van der Waals surface area (Å²) in [5, 5.41) is 18.5. The Morgan fingerprint density at radius 3 is 2.64 bits per heavy atom. The summed E-state index contributed by atoms with van der Waals surface area (Å²) < 4.78 is 6.10. The number of amides is 1. The van der Waals surface area contributed by atoms with E-state index >= 15 is 0 Å². The van der Waals surface area contributed by atoms with Crippen LogP contribution in [0.4, 0.5) is 4.79 Å². The van der Waals surface area contributed by atoms with E-state index in [-0.39, 0.29) is 12.0 Å². The molecule has 25 heavy (non-hydrogen) atoms. The van der Waals surface area contributed by atoms with Gasteiger partial charge in [0.15, 0.2) is 0 Å². The van der Waals surface area contributed by atoms with Crippen LogP contribution in [0.25, 0.3) is 0 Å². The molecule has 1 N–H and O–H groups in total. The molecule has 2 atom stereocenters. The van der Waals surface area contributed by atoms with Crippen LogP contribution in [0.3, 0.4) is 0 Å². The number of piperidine rings is 1. The number of benzene rings is 2. The van der Waals surface area contributed by atoms with Gasteiger partial charge >= 0.3 is 6.09 Å². The summed E-state index contributed by atoms with van der Waals surface area (Å²) in [4.78, 5) is 12.7. The summed E-state index contributed by atoms with van der Waals surface area (Å²) in [6.07, 6.45) is -0.433. The maximum Gasteiger partial charge on any atom is 0.407 e. The largest absolute Gasteiger partial charge is 0.465 e. The molecule has 1 fully saturated rings. The van der Waals surface area contributed by atoms with Gasteiger partial charge in [-0.15, -0.1) is 0 Å². The van der Waals surface area contributed by atoms with E-state index < -0.39 is 6.09 Å². The van der Waals surface area contributed by atoms with E-state index in [0.717, 1.165) is 17.5 Å². The zero-order valence-electron chi connectivity index (χ0n) is 13.8. The predicted molar refractivity (Wildman–Crippen MR) is 93.1 cm³/mol. The van der Waals surface area contributed by atoms with Gasteiger partial charge in [-0.2, -0.15) is 5.26 Å². The zero-order valence-corrected chi connectivity index (χ0v) is 13.8. The molecule has 128 valence electrons. The SMILES string of the molecule is N#Cc1ccccc1COC1CN(C(=O)O)CCC1c1ccccc1. The minimum atomic E-state index is -0.919. The Morgan fingerprint density at radius 1 is 1.20 bits per heavy atom. The maximum atomic E-state index is 11.3. The van der Waals surface area contributed by atoms with Gasteiger partial charge in [0.2, 0.25) is 0 Å². The fraction of sp³-hybridized carbons (Fsp3) is 0.300. The molecular formula is C20H20N2O3. The molecule has 0 aliphatic carbocycles. The summed E-state index contributed by atoms with van der Waals surface area (Å²) in [6.45, 7) is 1.14. The Kier molecular flexibility index (Phi) is 5.32. The smallest absolute Gasteiger partial charge is 0.407 e. The standard InChI is InChI=1S/C20H20N2O3/c21-12-16-8-4-5-9-17(16)14-25-19-13-22(20(23)24)11-10-18(19)15-6-2-1-3-7-15/h1-9,18-19H,10-11,13-14H2,(H,23,24). The Balaban J connectivity index is 1.78. The fourth-order valence-corrected chi connectivity index (χ4v) is 3.29. The van der Waals surface area contributed by atoms with E-state index in [9.17, 15) is 15.2 Å². The lowest BCUT2D eigenvalue weighted by Gasteiger charge is -2.37. The van der Waals surface area contributed by atoms with Crippen LogP contribution >= 0.6 is 0 Å². The second kappa shape index (κ2) is 7.82. The monoisotopic (exact) mass is 336 g/mol. The highest BCUT2D eigenvalue weighted by Crippen LogP contribution is 2.31. The Labute approximate surface area is 147 Å². The van der Waals surface area contributed by atoms with Gasteiger partial charge in [-0.1, -0.05) is 48.5 Å². The van der Waals surface area contributed by atoms with Crippen molar-refractivity contribution < 1.29 is 14.6 Å². The van der Waals surface area contributed by atoms with Gasteiger partial charge in [-0.05, 0) is 23.6 Å². The van der Waals surface area contributed by atoms with E-state index in [0.29, 0.717) is 25.3 Å². The van der Waals surface area contributed by atoms with Crippen molar-refractivity contribution in [2.75, 3.05) is 13.1 Å². The van der Waals surface area contributed by atoms with Crippen molar-refractivity contribution in [1.29, 1.82) is 5.26 Å². The molecule has 1 heterocycles. The average molecular weight is 336 g/mol. The number of likely N-dealkylation sites (tertiary alicyclic amines) is 1. The lowest BCUT2D eigenvalue weighted by Crippen LogP contribution is -2.46. The molecule has 0 saturated carbocycles. The second-order valence-electron chi connectivity index (χ2n) is 6.15. The third-order valence-corrected chi connectivity index (χ3v) is 4.65. The van der Waals surface area contributed by atoms with E-state index in [1.807, 2.05) is 36.4 Å². The fourth-order valence-electron chi connectivity index (χ4n) is 3.29. The number of carbonyl (C=O) groups is 1. The van der Waals surface area contributed by atoms with Gasteiger partial charge in [-0.3, -0.25) is 0 Å². The van der Waals surface area contributed by atoms with Crippen LogP contribution in [0.5, 0.6) is 0 Å². The van der Waals surface area contributed by atoms with Crippen LogP contribution in [0.1, 0.15) is 29.0 Å². The molecule has 1 amide bonds. The number of nitriles is 1. The molecule has 0 bridgehead atoms. The number of nitrogens with zero attached hydrogens (tertiary/aromatic N) is 2. The number of ether oxygens (including phenoxy) is 1. The van der Waals surface area contributed by atoms with Crippen LogP contribution < -0.4 is 0 Å². The lowest BCUT2D eigenvalue weighted by atomic mass is 9.87. The number of carboxylic acid groups (broad SMARTS) is 1. The average Bonchev–Trinajstić information content (AvgIpc) is 2.67. The summed E-state index contributed by atoms with van der Waals surface area (Å²) in [6, 6.07) is 19.5. The first-order valence-electron chi connectivity index (χ1n) is 8.31. The Hall–Kier alpha value is -2.84. The number of hydrogen-bond donors (Lipinski definition) is 1. The minimum absolute atomic E-state index is 0.144. The minimum Gasteiger partial charge on any atom is -0.465 e. The van der Waals surface area contributed by atoms with Crippen molar-refractivity contribution in [2.24, 2.45) is 0 Å². The van der Waals surface area contributed by atoms with Crippen LogP contribution in [0.15, 0.2) is 54.6 Å². The Bertz CT molecular complexity index is 770. The van der Waals surface area contributed by atoms with Gasteiger partial charge in [0.05, 0.1) is 30.9 Å². The summed E-state index contributed by atoms with van der Waals surface area (Å²) in [5.74, 6) is 0.144. The number of hydrogen-bond acceptors (Lipinski definition) is 3. The van der Waals surface area contributed by atoms with E-state index in [2.05, 4.69) is 18.2 Å². The van der Waals surface area contributed by atoms with Gasteiger partial charge in [0, 0.05) is 12.5 Å². The molecule has 5 heteroatoms. The summed E-state index contributed by atoms with van der Waals surface area (Å²) in [7, 11) is 0. The van der Waals surface area contributed by atoms with Gasteiger partial charge < -0.3 is 14.7 Å². The van der Waals surface area contributed by atoms with Crippen LogP contribution in [-0.2, 0) is 11.3 Å². The molecule has 0 radical (unpaired) electrons. The van der Waals surface area contributed by atoms with Crippen LogP contribution in [0.2, 0.25) is 0 Å². The quantitative estimate of drug-likeness (QED) is 0.925. The zero-order chi connectivity index (χ0) is 17.6. The highest BCUT2D eigenvalue weighted by Gasteiger charge is 2.33. The van der Waals surface area contributed by atoms with Gasteiger partial charge in [0.25, 0.3) is 0 Å². The molecular weight excluding hydrogens is 316 g/mol. The predicted octanol–water partition coefficient (Wildman–Crippen LogP) is 3.61. The van der Waals surface area contributed by atoms with Crippen molar-refractivity contribution in [3.8, 4) is 6.07 Å². The molecule has 2 aromatic carbocycles. The first kappa shape index (κ1) is 17.0. The maximum absolute atomic E-state index is 11.3. The second-order valence-corrected chi connectivity index (χ2v) is 6.15. The van der Waals surface area contributed by atoms with Crippen molar-refractivity contribution in [2.45, 2.75) is 25.0 Å². The van der Waals surface area contributed by atoms with E-state index in [1.165, 1.54) is 4.90 Å². The normalized spacial score (nSPS) is 20.0.